The van der Waals surface area contributed by atoms with Gasteiger partial charge in [-0.05, 0) is 36.8 Å². The average molecular weight is 349 g/mol. The molecule has 0 radical (unpaired) electrons. The van der Waals surface area contributed by atoms with Crippen LogP contribution in [0, 0.1) is 10.1 Å². The van der Waals surface area contributed by atoms with Crippen LogP contribution >= 0.6 is 11.6 Å². The molecule has 0 heterocycles. The zero-order chi connectivity index (χ0) is 17.9. The van der Waals surface area contributed by atoms with Crippen LogP contribution in [0.25, 0.3) is 0 Å². The summed E-state index contributed by atoms with van der Waals surface area (Å²) in [6, 6.07) is 11.1. The third kappa shape index (κ3) is 3.65. The van der Waals surface area contributed by atoms with Gasteiger partial charge in [-0.25, -0.2) is 0 Å². The molecule has 0 fully saturated rings. The first-order chi connectivity index (χ1) is 11.3. The van der Waals surface area contributed by atoms with Crippen LogP contribution in [0.5, 0.6) is 5.75 Å². The van der Waals surface area contributed by atoms with Crippen LogP contribution in [-0.2, 0) is 0 Å². The number of benzene rings is 2. The highest BCUT2D eigenvalue weighted by Gasteiger charge is 2.23. The number of halogens is 1. The lowest BCUT2D eigenvalue weighted by Crippen LogP contribution is -2.29. The maximum atomic E-state index is 12.6. The molecule has 1 unspecified atom stereocenters. The lowest BCUT2D eigenvalue weighted by molar-refractivity contribution is -0.385. The second kappa shape index (κ2) is 7.31. The van der Waals surface area contributed by atoms with E-state index in [1.807, 2.05) is 19.1 Å². The van der Waals surface area contributed by atoms with Gasteiger partial charge in [0.1, 0.15) is 0 Å². The molecule has 0 aliphatic carbocycles. The molecule has 0 aliphatic rings. The van der Waals surface area contributed by atoms with Crippen LogP contribution in [0.15, 0.2) is 42.5 Å². The predicted octanol–water partition coefficient (Wildman–Crippen LogP) is 4.09. The van der Waals surface area contributed by atoms with Crippen molar-refractivity contribution in [1.82, 2.24) is 4.90 Å². The van der Waals surface area contributed by atoms with Gasteiger partial charge in [0.2, 0.25) is 0 Å². The summed E-state index contributed by atoms with van der Waals surface area (Å²) in [7, 11) is 2.99. The van der Waals surface area contributed by atoms with Gasteiger partial charge in [-0.1, -0.05) is 23.7 Å². The second-order valence-corrected chi connectivity index (χ2v) is 5.73. The Morgan fingerprint density at radius 1 is 1.29 bits per heavy atom. The Hall–Kier alpha value is -2.60. The van der Waals surface area contributed by atoms with Crippen molar-refractivity contribution < 1.29 is 14.5 Å². The average Bonchev–Trinajstić information content (AvgIpc) is 2.59. The smallest absolute Gasteiger partial charge is 0.311 e. The summed E-state index contributed by atoms with van der Waals surface area (Å²) < 4.78 is 4.95. The van der Waals surface area contributed by atoms with Crippen molar-refractivity contribution in [1.29, 1.82) is 0 Å². The number of nitro groups is 1. The van der Waals surface area contributed by atoms with Crippen molar-refractivity contribution in [3.05, 3.63) is 68.7 Å². The van der Waals surface area contributed by atoms with Crippen LogP contribution in [0.3, 0.4) is 0 Å². The molecule has 6 nitrogen and oxygen atoms in total. The summed E-state index contributed by atoms with van der Waals surface area (Å²) in [6.07, 6.45) is 0. The van der Waals surface area contributed by atoms with Crippen molar-refractivity contribution in [2.45, 2.75) is 13.0 Å². The molecule has 1 atom stereocenters. The van der Waals surface area contributed by atoms with Gasteiger partial charge < -0.3 is 9.64 Å². The van der Waals surface area contributed by atoms with E-state index in [0.717, 1.165) is 5.56 Å². The molecule has 0 aliphatic heterocycles. The molecule has 2 aromatic carbocycles. The molecule has 0 aromatic heterocycles. The van der Waals surface area contributed by atoms with Gasteiger partial charge in [0.05, 0.1) is 18.1 Å². The highest BCUT2D eigenvalue weighted by molar-refractivity contribution is 6.30. The monoisotopic (exact) mass is 348 g/mol. The van der Waals surface area contributed by atoms with Crippen LogP contribution in [0.4, 0.5) is 5.69 Å². The molecule has 2 aromatic rings. The summed E-state index contributed by atoms with van der Waals surface area (Å²) in [6.45, 7) is 1.86. The number of methoxy groups -OCH3 is 1. The molecule has 1 amide bonds. The van der Waals surface area contributed by atoms with Gasteiger partial charge in [0, 0.05) is 23.7 Å². The van der Waals surface area contributed by atoms with Gasteiger partial charge in [-0.15, -0.1) is 0 Å². The normalized spacial score (nSPS) is 11.7. The highest BCUT2D eigenvalue weighted by Crippen LogP contribution is 2.29. The lowest BCUT2D eigenvalue weighted by Gasteiger charge is -2.25. The molecule has 0 saturated heterocycles. The molecule has 0 bridgehead atoms. The summed E-state index contributed by atoms with van der Waals surface area (Å²) in [4.78, 5) is 24.7. The fraction of sp³-hybridized carbons (Fsp3) is 0.235. The summed E-state index contributed by atoms with van der Waals surface area (Å²) in [5.74, 6) is -0.213. The van der Waals surface area contributed by atoms with E-state index in [1.165, 1.54) is 30.2 Å². The Kier molecular flexibility index (Phi) is 5.41. The topological polar surface area (TPSA) is 72.7 Å². The quantitative estimate of drug-likeness (QED) is 0.602. The maximum absolute atomic E-state index is 12.6. The van der Waals surface area contributed by atoms with Crippen LogP contribution < -0.4 is 4.74 Å². The highest BCUT2D eigenvalue weighted by atomic mass is 35.5. The van der Waals surface area contributed by atoms with E-state index >= 15 is 0 Å². The fourth-order valence-corrected chi connectivity index (χ4v) is 2.53. The van der Waals surface area contributed by atoms with Crippen molar-refractivity contribution in [2.24, 2.45) is 0 Å². The van der Waals surface area contributed by atoms with E-state index in [4.69, 9.17) is 16.3 Å². The first kappa shape index (κ1) is 17.7. The molecule has 24 heavy (non-hydrogen) atoms. The number of carbonyl (C=O) groups excluding carboxylic acids is 1. The van der Waals surface area contributed by atoms with E-state index < -0.39 is 4.92 Å². The third-order valence-corrected chi connectivity index (χ3v) is 4.09. The Bertz CT molecular complexity index is 779. The standard InChI is InChI=1S/C17H17ClN2O4/c1-11(12-5-4-6-14(18)9-12)19(2)17(21)13-7-8-16(24-3)15(10-13)20(22)23/h4-11H,1-3H3. The molecule has 0 saturated carbocycles. The van der Waals surface area contributed by atoms with E-state index in [9.17, 15) is 14.9 Å². The summed E-state index contributed by atoms with van der Waals surface area (Å²) in [5.41, 5.74) is 0.854. The molecule has 126 valence electrons. The Labute approximate surface area is 144 Å². The molecule has 2 rings (SSSR count). The van der Waals surface area contributed by atoms with E-state index in [2.05, 4.69) is 0 Å². The van der Waals surface area contributed by atoms with Crippen molar-refractivity contribution in [3.63, 3.8) is 0 Å². The van der Waals surface area contributed by atoms with Crippen LogP contribution in [0.1, 0.15) is 28.9 Å². The Morgan fingerprint density at radius 2 is 2.00 bits per heavy atom. The van der Waals surface area contributed by atoms with E-state index in [-0.39, 0.29) is 28.9 Å². The van der Waals surface area contributed by atoms with Crippen molar-refractivity contribution >= 4 is 23.2 Å². The molecule has 0 spiro atoms. The van der Waals surface area contributed by atoms with Gasteiger partial charge in [-0.2, -0.15) is 0 Å². The van der Waals surface area contributed by atoms with Crippen LogP contribution in [-0.4, -0.2) is 29.9 Å². The van der Waals surface area contributed by atoms with E-state index in [0.29, 0.717) is 5.02 Å². The Morgan fingerprint density at radius 3 is 2.58 bits per heavy atom. The number of hydrogen-bond acceptors (Lipinski definition) is 4. The van der Waals surface area contributed by atoms with Crippen LogP contribution in [0.2, 0.25) is 5.02 Å². The van der Waals surface area contributed by atoms with Gasteiger partial charge in [0.25, 0.3) is 5.91 Å². The first-order valence-electron chi connectivity index (χ1n) is 7.20. The minimum Gasteiger partial charge on any atom is -0.490 e. The minimum atomic E-state index is -0.573. The Balaban J connectivity index is 2.30. The van der Waals surface area contributed by atoms with Gasteiger partial charge in [-0.3, -0.25) is 14.9 Å². The summed E-state index contributed by atoms with van der Waals surface area (Å²) >= 11 is 5.99. The number of carbonyl (C=O) groups is 1. The zero-order valence-electron chi connectivity index (χ0n) is 13.5. The van der Waals surface area contributed by atoms with Crippen molar-refractivity contribution in [2.75, 3.05) is 14.2 Å². The molecular weight excluding hydrogens is 332 g/mol. The SMILES string of the molecule is COc1ccc(C(=O)N(C)C(C)c2cccc(Cl)c2)cc1[N+](=O)[O-]. The van der Waals surface area contributed by atoms with Gasteiger partial charge in [0.15, 0.2) is 5.75 Å². The third-order valence-electron chi connectivity index (χ3n) is 3.85. The van der Waals surface area contributed by atoms with E-state index in [1.54, 1.807) is 19.2 Å². The lowest BCUT2D eigenvalue weighted by atomic mass is 10.1. The number of nitrogens with zero attached hydrogens (tertiary/aromatic N) is 2. The predicted molar refractivity (Wildman–Crippen MR) is 91.6 cm³/mol. The minimum absolute atomic E-state index is 0.113. The molecule has 0 N–H and O–H groups in total. The fourth-order valence-electron chi connectivity index (χ4n) is 2.34. The number of hydrogen-bond donors (Lipinski definition) is 0. The number of rotatable bonds is 5. The number of ether oxygens (including phenoxy) is 1. The molecular formula is C17H17ClN2O4. The maximum Gasteiger partial charge on any atom is 0.311 e. The largest absolute Gasteiger partial charge is 0.490 e. The number of amides is 1. The van der Waals surface area contributed by atoms with Crippen molar-refractivity contribution in [3.8, 4) is 5.75 Å². The first-order valence-corrected chi connectivity index (χ1v) is 7.58. The van der Waals surface area contributed by atoms with Gasteiger partial charge >= 0.3 is 5.69 Å². The summed E-state index contributed by atoms with van der Waals surface area (Å²) in [5, 5.41) is 11.7. The molecule has 7 heteroatoms. The zero-order valence-corrected chi connectivity index (χ0v) is 14.3. The number of nitro benzene ring substituents is 1. The second-order valence-electron chi connectivity index (χ2n) is 5.29.